The Morgan fingerprint density at radius 3 is 2.85 bits per heavy atom. The summed E-state index contributed by atoms with van der Waals surface area (Å²) in [5, 5.41) is 19.8. The Balaban J connectivity index is 1.47. The van der Waals surface area contributed by atoms with Gasteiger partial charge in [0.05, 0.1) is 11.7 Å². The van der Waals surface area contributed by atoms with Crippen molar-refractivity contribution in [3.8, 4) is 17.3 Å². The molecule has 0 amide bonds. The minimum Gasteiger partial charge on any atom is -0.396 e. The van der Waals surface area contributed by atoms with Crippen molar-refractivity contribution >= 4 is 10.9 Å². The van der Waals surface area contributed by atoms with Gasteiger partial charge in [-0.2, -0.15) is 10.2 Å². The number of hydrogen-bond acceptors (Lipinski definition) is 6. The molecule has 0 radical (unpaired) electrons. The van der Waals surface area contributed by atoms with Crippen LogP contribution in [0, 0.1) is 6.92 Å². The normalized spacial score (nSPS) is 18.8. The fraction of sp³-hybridized carbons (Fsp3) is 0.440. The van der Waals surface area contributed by atoms with Gasteiger partial charge >= 0.3 is 0 Å². The summed E-state index contributed by atoms with van der Waals surface area (Å²) in [6.45, 7) is 2.84. The van der Waals surface area contributed by atoms with Crippen molar-refractivity contribution in [1.29, 1.82) is 0 Å². The van der Waals surface area contributed by atoms with Crippen LogP contribution >= 0.6 is 0 Å². The van der Waals surface area contributed by atoms with Crippen molar-refractivity contribution in [2.75, 3.05) is 13.2 Å². The van der Waals surface area contributed by atoms with E-state index in [1.54, 1.807) is 10.9 Å². The van der Waals surface area contributed by atoms with Crippen molar-refractivity contribution in [2.45, 2.75) is 57.6 Å². The molecule has 1 N–H and O–H groups in total. The molecule has 6 rings (SSSR count). The molecular formula is C25H28N6O2. The van der Waals surface area contributed by atoms with Gasteiger partial charge in [0.1, 0.15) is 5.69 Å². The summed E-state index contributed by atoms with van der Waals surface area (Å²) in [5.74, 6) is 1.96. The van der Waals surface area contributed by atoms with Crippen molar-refractivity contribution in [2.24, 2.45) is 0 Å². The first-order valence-electron chi connectivity index (χ1n) is 11.8. The summed E-state index contributed by atoms with van der Waals surface area (Å²) in [7, 11) is 0. The highest BCUT2D eigenvalue weighted by Gasteiger charge is 2.27. The van der Waals surface area contributed by atoms with E-state index in [2.05, 4.69) is 28.3 Å². The summed E-state index contributed by atoms with van der Waals surface area (Å²) in [4.78, 5) is 9.56. The maximum Gasteiger partial charge on any atom is 0.182 e. The minimum atomic E-state index is -0.0566. The first kappa shape index (κ1) is 20.5. The maximum atomic E-state index is 9.24. The number of nitrogens with zero attached hydrogens (tertiary/aromatic N) is 6. The largest absolute Gasteiger partial charge is 0.396 e. The molecule has 1 saturated heterocycles. The maximum absolute atomic E-state index is 9.24. The topological polar surface area (TPSA) is 90.9 Å². The Labute approximate surface area is 192 Å². The average Bonchev–Trinajstić information content (AvgIpc) is 3.48. The van der Waals surface area contributed by atoms with Gasteiger partial charge in [0.15, 0.2) is 17.9 Å². The molecule has 1 atom stereocenters. The van der Waals surface area contributed by atoms with E-state index in [4.69, 9.17) is 14.8 Å². The van der Waals surface area contributed by atoms with Crippen LogP contribution in [0.4, 0.5) is 0 Å². The van der Waals surface area contributed by atoms with E-state index in [0.29, 0.717) is 18.2 Å². The lowest BCUT2D eigenvalue weighted by molar-refractivity contribution is -0.0365. The highest BCUT2D eigenvalue weighted by atomic mass is 16.5. The zero-order chi connectivity index (χ0) is 22.4. The summed E-state index contributed by atoms with van der Waals surface area (Å²) in [6, 6.07) is 6.69. The fourth-order valence-corrected chi connectivity index (χ4v) is 4.64. The van der Waals surface area contributed by atoms with E-state index in [9.17, 15) is 5.11 Å². The molecule has 2 fully saturated rings. The van der Waals surface area contributed by atoms with Crippen LogP contribution in [0.2, 0.25) is 0 Å². The number of hydrogen-bond donors (Lipinski definition) is 1. The molecule has 33 heavy (non-hydrogen) atoms. The lowest BCUT2D eigenvalue weighted by Crippen LogP contribution is -2.19. The molecule has 1 aromatic carbocycles. The van der Waals surface area contributed by atoms with E-state index in [-0.39, 0.29) is 12.8 Å². The van der Waals surface area contributed by atoms with Crippen LogP contribution in [0.3, 0.4) is 0 Å². The van der Waals surface area contributed by atoms with Gasteiger partial charge in [-0.1, -0.05) is 6.07 Å². The van der Waals surface area contributed by atoms with E-state index < -0.39 is 0 Å². The summed E-state index contributed by atoms with van der Waals surface area (Å²) >= 11 is 0. The van der Waals surface area contributed by atoms with Gasteiger partial charge in [-0.25, -0.2) is 19.3 Å². The molecule has 1 unspecified atom stereocenters. The highest BCUT2D eigenvalue weighted by molar-refractivity contribution is 5.92. The first-order chi connectivity index (χ1) is 16.2. The number of ether oxygens (including phenoxy) is 1. The summed E-state index contributed by atoms with van der Waals surface area (Å²) in [5.41, 5.74) is 5.11. The molecule has 1 aliphatic carbocycles. The number of fused-ring (bicyclic) bond motifs is 1. The number of benzene rings is 1. The predicted octanol–water partition coefficient (Wildman–Crippen LogP) is 4.10. The van der Waals surface area contributed by atoms with Crippen LogP contribution < -0.4 is 0 Å². The molecule has 8 nitrogen and oxygen atoms in total. The van der Waals surface area contributed by atoms with Gasteiger partial charge in [-0.05, 0) is 74.6 Å². The Morgan fingerprint density at radius 2 is 2.06 bits per heavy atom. The van der Waals surface area contributed by atoms with Crippen molar-refractivity contribution in [1.82, 2.24) is 29.5 Å². The third-order valence-corrected chi connectivity index (χ3v) is 6.62. The molecule has 3 aromatic heterocycles. The average molecular weight is 445 g/mol. The van der Waals surface area contributed by atoms with Crippen molar-refractivity contribution in [3.05, 3.63) is 53.5 Å². The smallest absolute Gasteiger partial charge is 0.182 e. The lowest BCUT2D eigenvalue weighted by Gasteiger charge is -2.23. The second kappa shape index (κ2) is 8.35. The molecule has 0 spiro atoms. The van der Waals surface area contributed by atoms with Crippen LogP contribution in [-0.4, -0.2) is 47.8 Å². The molecule has 1 aliphatic heterocycles. The number of aryl methyl sites for hydroxylation is 1. The first-order valence-corrected chi connectivity index (χ1v) is 11.8. The van der Waals surface area contributed by atoms with Crippen LogP contribution in [0.25, 0.3) is 28.2 Å². The number of aliphatic hydroxyl groups is 1. The van der Waals surface area contributed by atoms with E-state index in [0.717, 1.165) is 59.4 Å². The van der Waals surface area contributed by atoms with Crippen LogP contribution in [0.15, 0.2) is 36.8 Å². The van der Waals surface area contributed by atoms with Crippen LogP contribution in [-0.2, 0) is 11.2 Å². The molecule has 4 aromatic rings. The lowest BCUT2D eigenvalue weighted by atomic mass is 10.1. The molecular weight excluding hydrogens is 416 g/mol. The van der Waals surface area contributed by atoms with Gasteiger partial charge < -0.3 is 9.84 Å². The van der Waals surface area contributed by atoms with Gasteiger partial charge in [0, 0.05) is 36.6 Å². The van der Waals surface area contributed by atoms with Crippen molar-refractivity contribution < 1.29 is 9.84 Å². The Morgan fingerprint density at radius 1 is 1.15 bits per heavy atom. The highest BCUT2D eigenvalue weighted by Crippen LogP contribution is 2.42. The quantitative estimate of drug-likeness (QED) is 0.482. The van der Waals surface area contributed by atoms with Crippen LogP contribution in [0.1, 0.15) is 60.9 Å². The van der Waals surface area contributed by atoms with Gasteiger partial charge in [0.2, 0.25) is 0 Å². The zero-order valence-corrected chi connectivity index (χ0v) is 18.8. The Bertz CT molecular complexity index is 1300. The SMILES string of the molecule is Cc1cnc(-c2nn(C3CCCCO3)c3ccc(C4CC4)cc23)nc1-n1cc(CCO)cn1. The summed E-state index contributed by atoms with van der Waals surface area (Å²) in [6.07, 6.45) is 11.7. The Kier molecular flexibility index (Phi) is 5.19. The zero-order valence-electron chi connectivity index (χ0n) is 18.8. The third kappa shape index (κ3) is 3.83. The monoisotopic (exact) mass is 444 g/mol. The van der Waals surface area contributed by atoms with Crippen LogP contribution in [0.5, 0.6) is 0 Å². The second-order valence-electron chi connectivity index (χ2n) is 9.13. The molecule has 170 valence electrons. The van der Waals surface area contributed by atoms with E-state index in [1.165, 1.54) is 18.4 Å². The molecule has 0 bridgehead atoms. The number of aromatic nitrogens is 6. The number of rotatable bonds is 6. The second-order valence-corrected chi connectivity index (χ2v) is 9.13. The van der Waals surface area contributed by atoms with Gasteiger partial charge in [-0.15, -0.1) is 0 Å². The standard InChI is InChI=1S/C25H28N6O2/c1-16-13-26-24(28-25(16)30-15-17(9-10-32)14-27-30)23-20-12-19(18-5-6-18)7-8-21(20)31(29-23)22-4-2-3-11-33-22/h7-8,12-15,18,22,32H,2-6,9-11H2,1H3. The third-order valence-electron chi connectivity index (χ3n) is 6.62. The molecule has 2 aliphatic rings. The van der Waals surface area contributed by atoms with Gasteiger partial charge in [-0.3, -0.25) is 0 Å². The fourth-order valence-electron chi connectivity index (χ4n) is 4.64. The molecule has 4 heterocycles. The molecule has 1 saturated carbocycles. The Hall–Kier alpha value is -3.10. The number of aliphatic hydroxyl groups excluding tert-OH is 1. The van der Waals surface area contributed by atoms with Crippen molar-refractivity contribution in [3.63, 3.8) is 0 Å². The van der Waals surface area contributed by atoms with E-state index >= 15 is 0 Å². The van der Waals surface area contributed by atoms with Gasteiger partial charge in [0.25, 0.3) is 0 Å². The minimum absolute atomic E-state index is 0.0566. The molecule has 8 heteroatoms. The summed E-state index contributed by atoms with van der Waals surface area (Å²) < 4.78 is 9.85. The predicted molar refractivity (Wildman–Crippen MR) is 124 cm³/mol. The van der Waals surface area contributed by atoms with E-state index in [1.807, 2.05) is 24.0 Å².